The first kappa shape index (κ1) is 22.3. The lowest BCUT2D eigenvalue weighted by atomic mass is 10.1. The number of halogens is 1. The van der Waals surface area contributed by atoms with E-state index >= 15 is 0 Å². The molecule has 34 heavy (non-hydrogen) atoms. The third kappa shape index (κ3) is 4.48. The zero-order valence-corrected chi connectivity index (χ0v) is 19.7. The van der Waals surface area contributed by atoms with Crippen LogP contribution in [-0.4, -0.2) is 21.5 Å². The molecule has 1 aromatic heterocycles. The smallest absolute Gasteiger partial charge is 0.266 e. The number of hydrogen-bond donors (Lipinski definition) is 1. The van der Waals surface area contributed by atoms with Crippen LogP contribution in [0.5, 0.6) is 0 Å². The van der Waals surface area contributed by atoms with Crippen LogP contribution in [-0.2, 0) is 4.79 Å². The van der Waals surface area contributed by atoms with Crippen molar-refractivity contribution in [2.45, 2.75) is 43.1 Å². The van der Waals surface area contributed by atoms with Crippen molar-refractivity contribution in [3.8, 4) is 5.69 Å². The number of nitrogens with zero attached hydrogens (tertiary/aromatic N) is 2. The molecule has 1 N–H and O–H groups in total. The highest BCUT2D eigenvalue weighted by molar-refractivity contribution is 8.00. The Labute approximate surface area is 201 Å². The summed E-state index contributed by atoms with van der Waals surface area (Å²) in [4.78, 5) is 31.7. The first-order valence-corrected chi connectivity index (χ1v) is 12.1. The third-order valence-electron chi connectivity index (χ3n) is 5.90. The van der Waals surface area contributed by atoms with Crippen LogP contribution in [0.1, 0.15) is 34.8 Å². The zero-order valence-electron chi connectivity index (χ0n) is 18.9. The van der Waals surface area contributed by atoms with Crippen molar-refractivity contribution in [3.05, 3.63) is 99.6 Å². The molecule has 172 valence electrons. The minimum absolute atomic E-state index is 0.169. The Kier molecular flexibility index (Phi) is 5.96. The molecule has 0 bridgehead atoms. The number of aromatic nitrogens is 2. The Hall–Kier alpha value is -3.45. The molecule has 1 heterocycles. The molecule has 1 atom stereocenters. The number of nitrogens with one attached hydrogen (secondary N) is 1. The van der Waals surface area contributed by atoms with Crippen molar-refractivity contribution in [1.29, 1.82) is 0 Å². The number of carbonyl (C=O) groups is 1. The van der Waals surface area contributed by atoms with Crippen molar-refractivity contribution in [2.24, 2.45) is 0 Å². The number of hydrogen-bond acceptors (Lipinski definition) is 4. The molecule has 0 saturated heterocycles. The minimum Gasteiger partial charge on any atom is -0.352 e. The first-order chi connectivity index (χ1) is 16.4. The zero-order chi connectivity index (χ0) is 23.8. The molecule has 1 amide bonds. The highest BCUT2D eigenvalue weighted by atomic mass is 32.2. The summed E-state index contributed by atoms with van der Waals surface area (Å²) in [6.45, 7) is 3.95. The van der Waals surface area contributed by atoms with Gasteiger partial charge in [-0.15, -0.1) is 0 Å². The van der Waals surface area contributed by atoms with Gasteiger partial charge in [-0.3, -0.25) is 14.2 Å². The van der Waals surface area contributed by atoms with Crippen LogP contribution in [0.2, 0.25) is 0 Å². The largest absolute Gasteiger partial charge is 0.352 e. The van der Waals surface area contributed by atoms with Gasteiger partial charge in [0.05, 0.1) is 16.6 Å². The number of rotatable bonds is 6. The lowest BCUT2D eigenvalue weighted by molar-refractivity contribution is -0.120. The number of aryl methyl sites for hydroxylation is 2. The molecule has 1 unspecified atom stereocenters. The maximum atomic E-state index is 13.7. The fourth-order valence-corrected chi connectivity index (χ4v) is 5.10. The molecule has 0 aliphatic heterocycles. The van der Waals surface area contributed by atoms with E-state index < -0.39 is 5.25 Å². The van der Waals surface area contributed by atoms with Crippen molar-refractivity contribution in [3.63, 3.8) is 0 Å². The molecule has 0 spiro atoms. The van der Waals surface area contributed by atoms with Gasteiger partial charge < -0.3 is 5.32 Å². The van der Waals surface area contributed by atoms with Gasteiger partial charge in [-0.2, -0.15) is 0 Å². The standard InChI is InChI=1S/C27H24FN3O2S/c1-16-7-14-23(17(2)15-16)31-26(33)21-5-3-4-6-22(21)30-27(31)34-24(25(32)29-20-12-13-20)18-8-10-19(28)11-9-18/h3-11,14-15,20,24H,12-13H2,1-2H3,(H,29,32). The second kappa shape index (κ2) is 9.06. The highest BCUT2D eigenvalue weighted by Gasteiger charge is 2.31. The Bertz CT molecular complexity index is 1440. The van der Waals surface area contributed by atoms with Crippen LogP contribution in [0.15, 0.2) is 76.7 Å². The van der Waals surface area contributed by atoms with Crippen LogP contribution >= 0.6 is 11.8 Å². The van der Waals surface area contributed by atoms with Crippen molar-refractivity contribution < 1.29 is 9.18 Å². The number of carbonyl (C=O) groups excluding carboxylic acids is 1. The number of benzene rings is 3. The fourth-order valence-electron chi connectivity index (χ4n) is 3.98. The fraction of sp³-hybridized carbons (Fsp3) is 0.222. The van der Waals surface area contributed by atoms with E-state index in [0.717, 1.165) is 29.7 Å². The van der Waals surface area contributed by atoms with E-state index in [0.29, 0.717) is 21.6 Å². The van der Waals surface area contributed by atoms with Gasteiger partial charge in [0.15, 0.2) is 5.16 Å². The summed E-state index contributed by atoms with van der Waals surface area (Å²) >= 11 is 1.21. The van der Waals surface area contributed by atoms with Gasteiger partial charge in [0.25, 0.3) is 5.56 Å². The number of amides is 1. The predicted octanol–water partition coefficient (Wildman–Crippen LogP) is 5.25. The Balaban J connectivity index is 1.68. The van der Waals surface area contributed by atoms with Crippen LogP contribution in [0, 0.1) is 19.7 Å². The summed E-state index contributed by atoms with van der Waals surface area (Å²) in [5, 5.41) is 3.28. The average Bonchev–Trinajstić information content (AvgIpc) is 3.63. The van der Waals surface area contributed by atoms with Gasteiger partial charge in [0.1, 0.15) is 11.1 Å². The number of thioether (sulfide) groups is 1. The normalized spacial score (nSPS) is 14.2. The van der Waals surface area contributed by atoms with Gasteiger partial charge in [-0.25, -0.2) is 9.37 Å². The van der Waals surface area contributed by atoms with Gasteiger partial charge in [-0.1, -0.05) is 53.7 Å². The lowest BCUT2D eigenvalue weighted by Gasteiger charge is -2.20. The molecule has 4 aromatic rings. The molecule has 0 radical (unpaired) electrons. The third-order valence-corrected chi connectivity index (χ3v) is 7.10. The second-order valence-corrected chi connectivity index (χ2v) is 9.75. The van der Waals surface area contributed by atoms with Gasteiger partial charge in [0, 0.05) is 6.04 Å². The van der Waals surface area contributed by atoms with Crippen molar-refractivity contribution in [2.75, 3.05) is 0 Å². The molecule has 1 fully saturated rings. The van der Waals surface area contributed by atoms with Crippen LogP contribution in [0.25, 0.3) is 16.6 Å². The highest BCUT2D eigenvalue weighted by Crippen LogP contribution is 2.37. The summed E-state index contributed by atoms with van der Waals surface area (Å²) < 4.78 is 15.2. The monoisotopic (exact) mass is 473 g/mol. The molecule has 1 aliphatic rings. The van der Waals surface area contributed by atoms with Gasteiger partial charge in [-0.05, 0) is 68.1 Å². The molecular formula is C27H24FN3O2S. The van der Waals surface area contributed by atoms with E-state index in [2.05, 4.69) is 5.32 Å². The second-order valence-electron chi connectivity index (χ2n) is 8.67. The van der Waals surface area contributed by atoms with Crippen molar-refractivity contribution in [1.82, 2.24) is 14.9 Å². The van der Waals surface area contributed by atoms with Gasteiger partial charge in [0.2, 0.25) is 5.91 Å². The number of fused-ring (bicyclic) bond motifs is 1. The topological polar surface area (TPSA) is 64.0 Å². The summed E-state index contributed by atoms with van der Waals surface area (Å²) in [7, 11) is 0. The lowest BCUT2D eigenvalue weighted by Crippen LogP contribution is -2.30. The summed E-state index contributed by atoms with van der Waals surface area (Å²) in [5.74, 6) is -0.542. The van der Waals surface area contributed by atoms with E-state index in [4.69, 9.17) is 4.98 Å². The van der Waals surface area contributed by atoms with Crippen LogP contribution in [0.3, 0.4) is 0 Å². The molecule has 3 aromatic carbocycles. The molecular weight excluding hydrogens is 449 g/mol. The quantitative estimate of drug-likeness (QED) is 0.307. The predicted molar refractivity (Wildman–Crippen MR) is 133 cm³/mol. The maximum Gasteiger partial charge on any atom is 0.266 e. The first-order valence-electron chi connectivity index (χ1n) is 11.2. The Morgan fingerprint density at radius 2 is 1.82 bits per heavy atom. The maximum absolute atomic E-state index is 13.7. The Morgan fingerprint density at radius 1 is 1.09 bits per heavy atom. The summed E-state index contributed by atoms with van der Waals surface area (Å²) in [6.07, 6.45) is 1.90. The van der Waals surface area contributed by atoms with E-state index in [-0.39, 0.29) is 23.3 Å². The van der Waals surface area contributed by atoms with E-state index in [1.807, 2.05) is 44.2 Å². The summed E-state index contributed by atoms with van der Waals surface area (Å²) in [6, 6.07) is 19.2. The van der Waals surface area contributed by atoms with Gasteiger partial charge >= 0.3 is 0 Å². The van der Waals surface area contributed by atoms with Crippen LogP contribution < -0.4 is 10.9 Å². The molecule has 5 rings (SSSR count). The summed E-state index contributed by atoms with van der Waals surface area (Å²) in [5.41, 5.74) is 3.76. The minimum atomic E-state index is -0.689. The van der Waals surface area contributed by atoms with Crippen LogP contribution in [0.4, 0.5) is 4.39 Å². The number of para-hydroxylation sites is 1. The van der Waals surface area contributed by atoms with E-state index in [1.165, 1.54) is 23.9 Å². The molecule has 1 saturated carbocycles. The van der Waals surface area contributed by atoms with E-state index in [9.17, 15) is 14.0 Å². The van der Waals surface area contributed by atoms with E-state index in [1.54, 1.807) is 28.8 Å². The SMILES string of the molecule is Cc1ccc(-n2c(SC(C(=O)NC3CC3)c3ccc(F)cc3)nc3ccccc3c2=O)c(C)c1. The molecule has 1 aliphatic carbocycles. The molecule has 5 nitrogen and oxygen atoms in total. The average molecular weight is 474 g/mol. The van der Waals surface area contributed by atoms with Crippen molar-refractivity contribution >= 4 is 28.6 Å². The Morgan fingerprint density at radius 3 is 2.53 bits per heavy atom. The molecule has 7 heteroatoms.